The molecule has 0 aliphatic rings. The summed E-state index contributed by atoms with van der Waals surface area (Å²) in [5, 5.41) is 0. The second-order valence-corrected chi connectivity index (χ2v) is 3.64. The van der Waals surface area contributed by atoms with Crippen molar-refractivity contribution in [1.82, 2.24) is 0 Å². The van der Waals surface area contributed by atoms with Crippen LogP contribution in [0.4, 0.5) is 0 Å². The molecule has 0 spiro atoms. The van der Waals surface area contributed by atoms with Crippen LogP contribution in [0.3, 0.4) is 0 Å². The van der Waals surface area contributed by atoms with E-state index in [1.165, 1.54) is 16.8 Å². The Morgan fingerprint density at radius 2 is 1.87 bits per heavy atom. The third-order valence-electron chi connectivity index (χ3n) is 2.63. The minimum Gasteiger partial charge on any atom is -0.298 e. The van der Waals surface area contributed by atoms with E-state index in [1.54, 1.807) is 0 Å². The molecule has 0 aliphatic heterocycles. The lowest BCUT2D eigenvalue weighted by Gasteiger charge is -2.06. The van der Waals surface area contributed by atoms with E-state index in [-0.39, 0.29) is 0 Å². The van der Waals surface area contributed by atoms with Gasteiger partial charge in [0.2, 0.25) is 0 Å². The lowest BCUT2D eigenvalue weighted by atomic mass is 10.00. The molecular formula is C14H19N. The van der Waals surface area contributed by atoms with Gasteiger partial charge in [-0.25, -0.2) is 0 Å². The first-order valence-electron chi connectivity index (χ1n) is 5.40. The first-order chi connectivity index (χ1) is 7.27. The summed E-state index contributed by atoms with van der Waals surface area (Å²) in [6, 6.07) is 10.5. The maximum atomic E-state index is 4.18. The van der Waals surface area contributed by atoms with Gasteiger partial charge < -0.3 is 0 Å². The summed E-state index contributed by atoms with van der Waals surface area (Å²) in [6.45, 7) is 4.18. The van der Waals surface area contributed by atoms with E-state index < -0.39 is 0 Å². The Balaban J connectivity index is 2.67. The summed E-state index contributed by atoms with van der Waals surface area (Å²) in [7, 11) is 1.85. The Labute approximate surface area is 92.6 Å². The van der Waals surface area contributed by atoms with Gasteiger partial charge in [0.05, 0.1) is 0 Å². The summed E-state index contributed by atoms with van der Waals surface area (Å²) >= 11 is 0. The molecule has 15 heavy (non-hydrogen) atoms. The highest BCUT2D eigenvalue weighted by Gasteiger charge is 2.00. The SMILES string of the molecule is CC=C(CCC(C)=NC)c1ccccc1. The van der Waals surface area contributed by atoms with Crippen LogP contribution in [-0.2, 0) is 0 Å². The molecule has 1 rings (SSSR count). The van der Waals surface area contributed by atoms with Crippen molar-refractivity contribution in [1.29, 1.82) is 0 Å². The minimum atomic E-state index is 1.05. The number of rotatable bonds is 4. The number of allylic oxidation sites excluding steroid dienone is 2. The summed E-state index contributed by atoms with van der Waals surface area (Å²) in [6.07, 6.45) is 4.31. The van der Waals surface area contributed by atoms with Gasteiger partial charge in [0.25, 0.3) is 0 Å². The standard InChI is InChI=1S/C14H19N/c1-4-13(11-10-12(2)15-3)14-8-6-5-7-9-14/h4-9H,10-11H2,1-3H3. The van der Waals surface area contributed by atoms with Gasteiger partial charge in [-0.3, -0.25) is 4.99 Å². The van der Waals surface area contributed by atoms with Gasteiger partial charge in [0.15, 0.2) is 0 Å². The van der Waals surface area contributed by atoms with Gasteiger partial charge in [-0.2, -0.15) is 0 Å². The monoisotopic (exact) mass is 201 g/mol. The minimum absolute atomic E-state index is 1.05. The van der Waals surface area contributed by atoms with Crippen molar-refractivity contribution >= 4 is 11.3 Å². The van der Waals surface area contributed by atoms with Crippen LogP contribution in [0.25, 0.3) is 5.57 Å². The van der Waals surface area contributed by atoms with E-state index in [1.807, 2.05) is 7.05 Å². The molecule has 0 aromatic heterocycles. The molecule has 1 aromatic rings. The van der Waals surface area contributed by atoms with Crippen LogP contribution in [0, 0.1) is 0 Å². The predicted molar refractivity (Wildman–Crippen MR) is 68.4 cm³/mol. The first kappa shape index (κ1) is 11.7. The molecule has 0 saturated heterocycles. The van der Waals surface area contributed by atoms with E-state index in [4.69, 9.17) is 0 Å². The Hall–Kier alpha value is -1.37. The number of hydrogen-bond acceptors (Lipinski definition) is 1. The number of benzene rings is 1. The second kappa shape index (κ2) is 6.18. The lowest BCUT2D eigenvalue weighted by molar-refractivity contribution is 1.09. The molecule has 0 unspecified atom stereocenters. The first-order valence-corrected chi connectivity index (χ1v) is 5.40. The summed E-state index contributed by atoms with van der Waals surface area (Å²) < 4.78 is 0. The fourth-order valence-corrected chi connectivity index (χ4v) is 1.53. The zero-order valence-electron chi connectivity index (χ0n) is 9.83. The third-order valence-corrected chi connectivity index (χ3v) is 2.63. The molecule has 0 atom stereocenters. The van der Waals surface area contributed by atoms with Crippen molar-refractivity contribution in [2.75, 3.05) is 7.05 Å². The zero-order valence-corrected chi connectivity index (χ0v) is 9.83. The fourth-order valence-electron chi connectivity index (χ4n) is 1.53. The van der Waals surface area contributed by atoms with Crippen LogP contribution in [0.2, 0.25) is 0 Å². The highest BCUT2D eigenvalue weighted by Crippen LogP contribution is 2.19. The van der Waals surface area contributed by atoms with Gasteiger partial charge in [0, 0.05) is 12.8 Å². The quantitative estimate of drug-likeness (QED) is 0.654. The molecule has 0 aliphatic carbocycles. The van der Waals surface area contributed by atoms with Crippen LogP contribution in [0.1, 0.15) is 32.3 Å². The van der Waals surface area contributed by atoms with Crippen molar-refractivity contribution in [3.63, 3.8) is 0 Å². The summed E-state index contributed by atoms with van der Waals surface area (Å²) in [4.78, 5) is 4.18. The molecule has 0 N–H and O–H groups in total. The van der Waals surface area contributed by atoms with Crippen LogP contribution in [0.5, 0.6) is 0 Å². The van der Waals surface area contributed by atoms with Gasteiger partial charge in [-0.1, -0.05) is 36.4 Å². The van der Waals surface area contributed by atoms with Crippen molar-refractivity contribution in [3.05, 3.63) is 42.0 Å². The zero-order chi connectivity index (χ0) is 11.1. The highest BCUT2D eigenvalue weighted by molar-refractivity contribution is 5.83. The average molecular weight is 201 g/mol. The van der Waals surface area contributed by atoms with Crippen molar-refractivity contribution < 1.29 is 0 Å². The molecular weight excluding hydrogens is 182 g/mol. The van der Waals surface area contributed by atoms with Crippen molar-refractivity contribution in [2.45, 2.75) is 26.7 Å². The van der Waals surface area contributed by atoms with Gasteiger partial charge in [0.1, 0.15) is 0 Å². The maximum absolute atomic E-state index is 4.18. The Morgan fingerprint density at radius 1 is 1.20 bits per heavy atom. The third kappa shape index (κ3) is 3.70. The second-order valence-electron chi connectivity index (χ2n) is 3.64. The lowest BCUT2D eigenvalue weighted by Crippen LogP contribution is -1.93. The van der Waals surface area contributed by atoms with Gasteiger partial charge in [-0.05, 0) is 37.8 Å². The topological polar surface area (TPSA) is 12.4 Å². The maximum Gasteiger partial charge on any atom is 0.0276 e. The Morgan fingerprint density at radius 3 is 2.40 bits per heavy atom. The Kier molecular flexibility index (Phi) is 4.82. The Bertz CT molecular complexity index is 347. The largest absolute Gasteiger partial charge is 0.298 e. The molecule has 0 bridgehead atoms. The van der Waals surface area contributed by atoms with Gasteiger partial charge >= 0.3 is 0 Å². The fraction of sp³-hybridized carbons (Fsp3) is 0.357. The molecule has 0 heterocycles. The van der Waals surface area contributed by atoms with Crippen LogP contribution in [0.15, 0.2) is 41.4 Å². The smallest absolute Gasteiger partial charge is 0.0276 e. The predicted octanol–water partition coefficient (Wildman–Crippen LogP) is 3.96. The van der Waals surface area contributed by atoms with Crippen LogP contribution in [-0.4, -0.2) is 12.8 Å². The molecule has 1 nitrogen and oxygen atoms in total. The molecule has 0 radical (unpaired) electrons. The summed E-state index contributed by atoms with van der Waals surface area (Å²) in [5.41, 5.74) is 3.94. The van der Waals surface area contributed by atoms with E-state index in [0.717, 1.165) is 12.8 Å². The summed E-state index contributed by atoms with van der Waals surface area (Å²) in [5.74, 6) is 0. The number of aliphatic imine (C=N–C) groups is 1. The average Bonchev–Trinajstić information content (AvgIpc) is 2.31. The molecule has 0 fully saturated rings. The molecule has 1 aromatic carbocycles. The molecule has 80 valence electrons. The van der Waals surface area contributed by atoms with E-state index in [2.05, 4.69) is 55.2 Å². The van der Waals surface area contributed by atoms with E-state index in [0.29, 0.717) is 0 Å². The van der Waals surface area contributed by atoms with Crippen LogP contribution < -0.4 is 0 Å². The van der Waals surface area contributed by atoms with E-state index >= 15 is 0 Å². The van der Waals surface area contributed by atoms with E-state index in [9.17, 15) is 0 Å². The molecule has 0 amide bonds. The number of hydrogen-bond donors (Lipinski definition) is 0. The normalized spacial score (nSPS) is 13.0. The van der Waals surface area contributed by atoms with Crippen molar-refractivity contribution in [2.24, 2.45) is 4.99 Å². The van der Waals surface area contributed by atoms with Crippen LogP contribution >= 0.6 is 0 Å². The molecule has 1 heteroatoms. The van der Waals surface area contributed by atoms with Gasteiger partial charge in [-0.15, -0.1) is 0 Å². The van der Waals surface area contributed by atoms with Crippen molar-refractivity contribution in [3.8, 4) is 0 Å². The molecule has 0 saturated carbocycles. The highest BCUT2D eigenvalue weighted by atomic mass is 14.7. The number of nitrogens with zero attached hydrogens (tertiary/aromatic N) is 1.